The van der Waals surface area contributed by atoms with E-state index in [1.807, 2.05) is 20.9 Å². The number of aromatic nitrogens is 2. The molecule has 0 aromatic carbocycles. The van der Waals surface area contributed by atoms with Crippen LogP contribution < -0.4 is 5.32 Å². The number of rotatable bonds is 7. The molecule has 1 aliphatic rings. The highest BCUT2D eigenvalue weighted by Gasteiger charge is 2.36. The number of ether oxygens (including phenoxy) is 1. The number of likely N-dealkylation sites (tertiary alicyclic amines) is 1. The Morgan fingerprint density at radius 1 is 1.57 bits per heavy atom. The molecule has 1 fully saturated rings. The zero-order valence-electron chi connectivity index (χ0n) is 14.4. The van der Waals surface area contributed by atoms with Crippen molar-refractivity contribution in [1.82, 2.24) is 20.0 Å². The lowest BCUT2D eigenvalue weighted by Crippen LogP contribution is -2.45. The van der Waals surface area contributed by atoms with Gasteiger partial charge >= 0.3 is 0 Å². The second kappa shape index (κ2) is 8.13. The van der Waals surface area contributed by atoms with E-state index >= 15 is 0 Å². The van der Waals surface area contributed by atoms with E-state index in [-0.39, 0.29) is 18.0 Å². The summed E-state index contributed by atoms with van der Waals surface area (Å²) in [5, 5.41) is 8.07. The van der Waals surface area contributed by atoms with Crippen molar-refractivity contribution in [3.63, 3.8) is 0 Å². The molecule has 0 aliphatic carbocycles. The van der Waals surface area contributed by atoms with Gasteiger partial charge in [0, 0.05) is 38.9 Å². The van der Waals surface area contributed by atoms with Gasteiger partial charge in [-0.3, -0.25) is 14.4 Å². The summed E-state index contributed by atoms with van der Waals surface area (Å²) >= 11 is 6.42. The monoisotopic (exact) mass is 342 g/mol. The topological polar surface area (TPSA) is 59.4 Å². The molecule has 6 nitrogen and oxygen atoms in total. The number of amides is 1. The lowest BCUT2D eigenvalue weighted by Gasteiger charge is -2.30. The molecule has 2 atom stereocenters. The Labute approximate surface area is 143 Å². The third-order valence-corrected chi connectivity index (χ3v) is 4.97. The van der Waals surface area contributed by atoms with Gasteiger partial charge < -0.3 is 10.1 Å². The Balaban J connectivity index is 2.04. The van der Waals surface area contributed by atoms with E-state index in [2.05, 4.69) is 15.3 Å². The highest BCUT2D eigenvalue weighted by molar-refractivity contribution is 6.30. The number of carbonyl (C=O) groups excluding carboxylic acids is 1. The number of hydrogen-bond acceptors (Lipinski definition) is 4. The molecule has 0 radical (unpaired) electrons. The Morgan fingerprint density at radius 2 is 2.30 bits per heavy atom. The summed E-state index contributed by atoms with van der Waals surface area (Å²) in [6.07, 6.45) is 2.90. The first-order valence-electron chi connectivity index (χ1n) is 8.18. The van der Waals surface area contributed by atoms with Gasteiger partial charge in [-0.15, -0.1) is 0 Å². The Bertz CT molecular complexity index is 546. The van der Waals surface area contributed by atoms with Crippen LogP contribution in [-0.4, -0.2) is 53.4 Å². The maximum absolute atomic E-state index is 12.4. The van der Waals surface area contributed by atoms with Gasteiger partial charge in [-0.05, 0) is 39.7 Å². The number of hydrogen-bond donors (Lipinski definition) is 1. The second-order valence-corrected chi connectivity index (χ2v) is 6.48. The Morgan fingerprint density at radius 3 is 2.91 bits per heavy atom. The molecule has 1 amide bonds. The summed E-state index contributed by atoms with van der Waals surface area (Å²) in [6, 6.07) is -0.0170. The van der Waals surface area contributed by atoms with Gasteiger partial charge in [0.1, 0.15) is 5.15 Å². The highest BCUT2D eigenvalue weighted by Crippen LogP contribution is 2.38. The first-order chi connectivity index (χ1) is 11.0. The van der Waals surface area contributed by atoms with E-state index in [9.17, 15) is 4.79 Å². The van der Waals surface area contributed by atoms with Crippen molar-refractivity contribution in [2.75, 3.05) is 26.8 Å². The number of nitrogens with zero attached hydrogens (tertiary/aromatic N) is 3. The van der Waals surface area contributed by atoms with Crippen LogP contribution >= 0.6 is 11.6 Å². The lowest BCUT2D eigenvalue weighted by molar-refractivity contribution is -0.126. The van der Waals surface area contributed by atoms with E-state index < -0.39 is 0 Å². The fourth-order valence-corrected chi connectivity index (χ4v) is 3.61. The second-order valence-electron chi connectivity index (χ2n) is 6.12. The molecule has 130 valence electrons. The smallest absolute Gasteiger partial charge is 0.237 e. The fourth-order valence-electron chi connectivity index (χ4n) is 3.31. The van der Waals surface area contributed by atoms with Crippen molar-refractivity contribution in [1.29, 1.82) is 0 Å². The van der Waals surface area contributed by atoms with Gasteiger partial charge in [0.25, 0.3) is 0 Å². The summed E-state index contributed by atoms with van der Waals surface area (Å²) < 4.78 is 6.71. The van der Waals surface area contributed by atoms with E-state index in [0.29, 0.717) is 18.3 Å². The van der Waals surface area contributed by atoms with Crippen LogP contribution in [0, 0.1) is 6.92 Å². The van der Waals surface area contributed by atoms with Crippen LogP contribution in [0.15, 0.2) is 0 Å². The molecule has 2 heterocycles. The van der Waals surface area contributed by atoms with Crippen molar-refractivity contribution < 1.29 is 9.53 Å². The molecular formula is C16H27ClN4O2. The molecule has 0 spiro atoms. The Hall–Kier alpha value is -1.11. The van der Waals surface area contributed by atoms with Crippen LogP contribution in [-0.2, 0) is 16.6 Å². The van der Waals surface area contributed by atoms with Gasteiger partial charge in [0.2, 0.25) is 5.91 Å². The summed E-state index contributed by atoms with van der Waals surface area (Å²) in [4.78, 5) is 14.6. The number of aryl methyl sites for hydroxylation is 2. The van der Waals surface area contributed by atoms with Crippen LogP contribution in [0.25, 0.3) is 0 Å². The average Bonchev–Trinajstić information content (AvgIpc) is 3.08. The lowest BCUT2D eigenvalue weighted by atomic mass is 10.0. The van der Waals surface area contributed by atoms with Crippen LogP contribution in [0.2, 0.25) is 5.15 Å². The SMILES string of the molecule is COCCCNC(=O)[C@@H](C)N1CCC[C@H]1c1c(C)nn(C)c1Cl. The molecule has 0 saturated carbocycles. The van der Waals surface area contributed by atoms with E-state index in [0.717, 1.165) is 37.1 Å². The van der Waals surface area contributed by atoms with Crippen molar-refractivity contribution in [3.8, 4) is 0 Å². The molecular weight excluding hydrogens is 316 g/mol. The molecule has 7 heteroatoms. The van der Waals surface area contributed by atoms with Gasteiger partial charge in [-0.25, -0.2) is 0 Å². The molecule has 1 aliphatic heterocycles. The van der Waals surface area contributed by atoms with Gasteiger partial charge in [0.05, 0.1) is 11.7 Å². The first kappa shape index (κ1) is 18.2. The molecule has 0 unspecified atom stereocenters. The molecule has 1 aromatic heterocycles. The van der Waals surface area contributed by atoms with Gasteiger partial charge in [0.15, 0.2) is 0 Å². The molecule has 1 N–H and O–H groups in total. The van der Waals surface area contributed by atoms with E-state index in [4.69, 9.17) is 16.3 Å². The predicted molar refractivity (Wildman–Crippen MR) is 90.6 cm³/mol. The number of methoxy groups -OCH3 is 1. The van der Waals surface area contributed by atoms with Crippen molar-refractivity contribution in [3.05, 3.63) is 16.4 Å². The number of carbonyl (C=O) groups is 1. The number of halogens is 1. The molecule has 0 bridgehead atoms. The maximum Gasteiger partial charge on any atom is 0.237 e. The minimum Gasteiger partial charge on any atom is -0.385 e. The third-order valence-electron chi connectivity index (χ3n) is 4.52. The molecule has 2 rings (SSSR count). The largest absolute Gasteiger partial charge is 0.385 e. The van der Waals surface area contributed by atoms with Crippen LogP contribution in [0.1, 0.15) is 43.5 Å². The van der Waals surface area contributed by atoms with Gasteiger partial charge in [-0.1, -0.05) is 11.6 Å². The predicted octanol–water partition coefficient (Wildman–Crippen LogP) is 2.06. The van der Waals surface area contributed by atoms with Crippen LogP contribution in [0.3, 0.4) is 0 Å². The zero-order valence-corrected chi connectivity index (χ0v) is 15.2. The minimum atomic E-state index is -0.180. The molecule has 23 heavy (non-hydrogen) atoms. The fraction of sp³-hybridized carbons (Fsp3) is 0.750. The van der Waals surface area contributed by atoms with Gasteiger partial charge in [-0.2, -0.15) is 5.10 Å². The van der Waals surface area contributed by atoms with Crippen LogP contribution in [0.4, 0.5) is 0 Å². The highest BCUT2D eigenvalue weighted by atomic mass is 35.5. The summed E-state index contributed by atoms with van der Waals surface area (Å²) in [6.45, 7) is 6.15. The zero-order chi connectivity index (χ0) is 17.0. The quantitative estimate of drug-likeness (QED) is 0.770. The molecule has 1 aromatic rings. The average molecular weight is 343 g/mol. The first-order valence-corrected chi connectivity index (χ1v) is 8.56. The van der Waals surface area contributed by atoms with E-state index in [1.54, 1.807) is 11.8 Å². The van der Waals surface area contributed by atoms with E-state index in [1.165, 1.54) is 0 Å². The summed E-state index contributed by atoms with van der Waals surface area (Å²) in [7, 11) is 3.52. The summed E-state index contributed by atoms with van der Waals surface area (Å²) in [5.41, 5.74) is 2.01. The standard InChI is InChI=1S/C16H27ClN4O2/c1-11-14(15(17)20(3)19-11)13-7-5-9-21(13)12(2)16(22)18-8-6-10-23-4/h12-13H,5-10H2,1-4H3,(H,18,22)/t12-,13+/m1/s1. The Kier molecular flexibility index (Phi) is 6.44. The summed E-state index contributed by atoms with van der Waals surface area (Å²) in [5.74, 6) is 0.0608. The maximum atomic E-state index is 12.4. The van der Waals surface area contributed by atoms with Crippen molar-refractivity contribution in [2.24, 2.45) is 7.05 Å². The third kappa shape index (κ3) is 4.05. The van der Waals surface area contributed by atoms with Crippen LogP contribution in [0.5, 0.6) is 0 Å². The number of nitrogens with one attached hydrogen (secondary N) is 1. The van der Waals surface area contributed by atoms with Crippen molar-refractivity contribution in [2.45, 2.75) is 45.2 Å². The normalized spacial score (nSPS) is 20.0. The minimum absolute atomic E-state index is 0.0608. The van der Waals surface area contributed by atoms with Crippen molar-refractivity contribution >= 4 is 17.5 Å². The molecule has 1 saturated heterocycles.